The standard InChI is InChI=1S/C14H14ClNO3S/c1-9-7-10(4-5-11(9)15)19-6-2-3-13-16-12(8-20-13)14(17)18/h4-5,7-8H,2-3,6H2,1H3,(H,17,18). The Bertz CT molecular complexity index is 612. The van der Waals surface area contributed by atoms with Gasteiger partial charge in [0.1, 0.15) is 5.75 Å². The molecule has 0 aliphatic rings. The van der Waals surface area contributed by atoms with Gasteiger partial charge in [-0.25, -0.2) is 9.78 Å². The van der Waals surface area contributed by atoms with E-state index in [4.69, 9.17) is 21.4 Å². The number of carboxylic acid groups (broad SMARTS) is 1. The van der Waals surface area contributed by atoms with Crippen molar-refractivity contribution in [3.05, 3.63) is 44.9 Å². The fourth-order valence-corrected chi connectivity index (χ4v) is 2.58. The van der Waals surface area contributed by atoms with E-state index in [1.165, 1.54) is 11.3 Å². The van der Waals surface area contributed by atoms with E-state index in [1.54, 1.807) is 5.38 Å². The molecule has 0 unspecified atom stereocenters. The summed E-state index contributed by atoms with van der Waals surface area (Å²) in [6.45, 7) is 2.49. The Morgan fingerprint density at radius 3 is 2.95 bits per heavy atom. The number of aromatic carboxylic acids is 1. The Morgan fingerprint density at radius 2 is 2.30 bits per heavy atom. The zero-order valence-corrected chi connectivity index (χ0v) is 12.5. The van der Waals surface area contributed by atoms with Crippen LogP contribution in [0.15, 0.2) is 23.6 Å². The van der Waals surface area contributed by atoms with Gasteiger partial charge in [-0.1, -0.05) is 11.6 Å². The van der Waals surface area contributed by atoms with Gasteiger partial charge in [0, 0.05) is 16.8 Å². The van der Waals surface area contributed by atoms with Crippen molar-refractivity contribution in [2.24, 2.45) is 0 Å². The molecule has 0 saturated carbocycles. The zero-order valence-electron chi connectivity index (χ0n) is 10.9. The second kappa shape index (κ2) is 6.72. The molecule has 0 aliphatic carbocycles. The summed E-state index contributed by atoms with van der Waals surface area (Å²) in [5, 5.41) is 11.9. The van der Waals surface area contributed by atoms with Crippen LogP contribution in [0, 0.1) is 6.92 Å². The molecule has 1 heterocycles. The quantitative estimate of drug-likeness (QED) is 0.824. The molecule has 1 aromatic carbocycles. The first-order chi connectivity index (χ1) is 9.56. The average Bonchev–Trinajstić information content (AvgIpc) is 2.88. The van der Waals surface area contributed by atoms with Crippen LogP contribution in [0.5, 0.6) is 5.75 Å². The minimum Gasteiger partial charge on any atom is -0.494 e. The van der Waals surface area contributed by atoms with Gasteiger partial charge < -0.3 is 9.84 Å². The lowest BCUT2D eigenvalue weighted by atomic mass is 10.2. The minimum atomic E-state index is -0.986. The van der Waals surface area contributed by atoms with Crippen molar-refractivity contribution >= 4 is 28.9 Å². The van der Waals surface area contributed by atoms with Crippen molar-refractivity contribution in [2.75, 3.05) is 6.61 Å². The van der Waals surface area contributed by atoms with Crippen molar-refractivity contribution in [2.45, 2.75) is 19.8 Å². The van der Waals surface area contributed by atoms with Crippen molar-refractivity contribution in [1.29, 1.82) is 0 Å². The van der Waals surface area contributed by atoms with E-state index in [1.807, 2.05) is 25.1 Å². The first-order valence-electron chi connectivity index (χ1n) is 6.13. The lowest BCUT2D eigenvalue weighted by molar-refractivity contribution is 0.0691. The number of ether oxygens (including phenoxy) is 1. The maximum absolute atomic E-state index is 10.7. The Labute approximate surface area is 126 Å². The summed E-state index contributed by atoms with van der Waals surface area (Å²) < 4.78 is 5.62. The van der Waals surface area contributed by atoms with Crippen LogP contribution in [0.1, 0.15) is 27.5 Å². The maximum Gasteiger partial charge on any atom is 0.355 e. The Hall–Kier alpha value is -1.59. The highest BCUT2D eigenvalue weighted by molar-refractivity contribution is 7.09. The molecule has 0 amide bonds. The van der Waals surface area contributed by atoms with E-state index in [9.17, 15) is 4.79 Å². The molecule has 2 aromatic rings. The molecule has 0 radical (unpaired) electrons. The molecule has 1 N–H and O–H groups in total. The molecule has 0 bridgehead atoms. The Morgan fingerprint density at radius 1 is 1.50 bits per heavy atom. The SMILES string of the molecule is Cc1cc(OCCCc2nc(C(=O)O)cs2)ccc1Cl. The van der Waals surface area contributed by atoms with Crippen molar-refractivity contribution in [3.8, 4) is 5.75 Å². The fourth-order valence-electron chi connectivity index (χ4n) is 1.64. The maximum atomic E-state index is 10.7. The van der Waals surface area contributed by atoms with Gasteiger partial charge in [0.25, 0.3) is 0 Å². The van der Waals surface area contributed by atoms with E-state index in [2.05, 4.69) is 4.98 Å². The monoisotopic (exact) mass is 311 g/mol. The lowest BCUT2D eigenvalue weighted by Gasteiger charge is -2.07. The molecule has 4 nitrogen and oxygen atoms in total. The number of carbonyl (C=O) groups is 1. The molecule has 0 aliphatic heterocycles. The molecule has 106 valence electrons. The first kappa shape index (κ1) is 14.8. The third-order valence-corrected chi connectivity index (χ3v) is 4.04. The summed E-state index contributed by atoms with van der Waals surface area (Å²) in [5.41, 5.74) is 1.09. The highest BCUT2D eigenvalue weighted by Gasteiger charge is 2.08. The van der Waals surface area contributed by atoms with Gasteiger partial charge in [-0.15, -0.1) is 11.3 Å². The van der Waals surface area contributed by atoms with Gasteiger partial charge in [0.2, 0.25) is 0 Å². The normalized spacial score (nSPS) is 10.5. The number of nitrogens with zero attached hydrogens (tertiary/aromatic N) is 1. The predicted molar refractivity (Wildman–Crippen MR) is 79.1 cm³/mol. The second-order valence-corrected chi connectivity index (χ2v) is 5.64. The predicted octanol–water partition coefficient (Wildman–Crippen LogP) is 3.81. The van der Waals surface area contributed by atoms with Gasteiger partial charge in [-0.2, -0.15) is 0 Å². The highest BCUT2D eigenvalue weighted by atomic mass is 35.5. The number of rotatable bonds is 6. The van der Waals surface area contributed by atoms with Crippen LogP contribution < -0.4 is 4.74 Å². The summed E-state index contributed by atoms with van der Waals surface area (Å²) >= 11 is 7.30. The highest BCUT2D eigenvalue weighted by Crippen LogP contribution is 2.21. The molecule has 2 rings (SSSR count). The summed E-state index contributed by atoms with van der Waals surface area (Å²) in [6.07, 6.45) is 1.50. The summed E-state index contributed by atoms with van der Waals surface area (Å²) in [6, 6.07) is 5.54. The minimum absolute atomic E-state index is 0.110. The molecule has 1 aromatic heterocycles. The molecule has 6 heteroatoms. The molecule has 0 fully saturated rings. The summed E-state index contributed by atoms with van der Waals surface area (Å²) in [7, 11) is 0. The summed E-state index contributed by atoms with van der Waals surface area (Å²) in [5.74, 6) is -0.197. The van der Waals surface area contributed by atoms with Crippen LogP contribution in [0.2, 0.25) is 5.02 Å². The van der Waals surface area contributed by atoms with Gasteiger partial charge >= 0.3 is 5.97 Å². The molecule has 0 spiro atoms. The molecule has 20 heavy (non-hydrogen) atoms. The van der Waals surface area contributed by atoms with Gasteiger partial charge in [0.05, 0.1) is 11.6 Å². The van der Waals surface area contributed by atoms with E-state index in [0.717, 1.165) is 27.8 Å². The molecular formula is C14H14ClNO3S. The Kier molecular flexibility index (Phi) is 4.98. The van der Waals surface area contributed by atoms with Gasteiger partial charge in [0.15, 0.2) is 5.69 Å². The summed E-state index contributed by atoms with van der Waals surface area (Å²) in [4.78, 5) is 14.7. The smallest absolute Gasteiger partial charge is 0.355 e. The fraction of sp³-hybridized carbons (Fsp3) is 0.286. The number of hydrogen-bond acceptors (Lipinski definition) is 4. The number of hydrogen-bond donors (Lipinski definition) is 1. The molecule has 0 atom stereocenters. The number of benzene rings is 1. The van der Waals surface area contributed by atoms with Crippen molar-refractivity contribution < 1.29 is 14.6 Å². The van der Waals surface area contributed by atoms with Crippen LogP contribution in [-0.4, -0.2) is 22.7 Å². The van der Waals surface area contributed by atoms with E-state index in [0.29, 0.717) is 13.0 Å². The average molecular weight is 312 g/mol. The van der Waals surface area contributed by atoms with Gasteiger partial charge in [-0.05, 0) is 37.1 Å². The van der Waals surface area contributed by atoms with Crippen LogP contribution >= 0.6 is 22.9 Å². The van der Waals surface area contributed by atoms with Crippen LogP contribution in [0.3, 0.4) is 0 Å². The van der Waals surface area contributed by atoms with Crippen LogP contribution in [0.25, 0.3) is 0 Å². The number of carboxylic acids is 1. The van der Waals surface area contributed by atoms with Crippen molar-refractivity contribution in [3.63, 3.8) is 0 Å². The topological polar surface area (TPSA) is 59.4 Å². The largest absolute Gasteiger partial charge is 0.494 e. The first-order valence-corrected chi connectivity index (χ1v) is 7.38. The number of thiazole rings is 1. The van der Waals surface area contributed by atoms with Crippen molar-refractivity contribution in [1.82, 2.24) is 4.98 Å². The third kappa shape index (κ3) is 3.95. The third-order valence-electron chi connectivity index (χ3n) is 2.70. The number of aryl methyl sites for hydroxylation is 2. The van der Waals surface area contributed by atoms with E-state index < -0.39 is 5.97 Å². The zero-order chi connectivity index (χ0) is 14.5. The van der Waals surface area contributed by atoms with E-state index in [-0.39, 0.29) is 5.69 Å². The molecular weight excluding hydrogens is 298 g/mol. The van der Waals surface area contributed by atoms with Gasteiger partial charge in [-0.3, -0.25) is 0 Å². The second-order valence-electron chi connectivity index (χ2n) is 4.29. The van der Waals surface area contributed by atoms with Crippen LogP contribution in [-0.2, 0) is 6.42 Å². The molecule has 0 saturated heterocycles. The Balaban J connectivity index is 1.78. The van der Waals surface area contributed by atoms with Crippen LogP contribution in [0.4, 0.5) is 0 Å². The number of aromatic nitrogens is 1. The lowest BCUT2D eigenvalue weighted by Crippen LogP contribution is -2.00. The van der Waals surface area contributed by atoms with E-state index >= 15 is 0 Å². The number of halogens is 1.